The minimum absolute atomic E-state index is 0.00367. The van der Waals surface area contributed by atoms with E-state index < -0.39 is 75.1 Å². The number of primary amides is 1. The molecule has 2 unspecified atom stereocenters. The Morgan fingerprint density at radius 3 is 2.32 bits per heavy atom. The largest absolute Gasteiger partial charge is 0.465 e. The number of hydrogen-bond donors (Lipinski definition) is 6. The number of aliphatic hydroxyl groups is 1. The number of carboxylic acid groups (broad SMARTS) is 1. The van der Waals surface area contributed by atoms with Gasteiger partial charge in [0.25, 0.3) is 11.8 Å². The van der Waals surface area contributed by atoms with Crippen LogP contribution >= 0.6 is 0 Å². The van der Waals surface area contributed by atoms with Crippen molar-refractivity contribution in [3.63, 3.8) is 0 Å². The van der Waals surface area contributed by atoms with Crippen molar-refractivity contribution in [2.75, 3.05) is 32.6 Å². The Hall–Kier alpha value is -4.95. The SMILES string of the molecule is COCCS(=O)(=O)c1ccc(C(=O)NC(CC2CCCCC2)C(=O)N2C[C@@H](n3nncc3C(C)(C)O)C[C@H]2C(=O)NC(CCCCNC(=O)O)C(=O)C(N)=O)cc1. The summed E-state index contributed by atoms with van der Waals surface area (Å²) < 4.78 is 31.7. The number of rotatable bonds is 20. The van der Waals surface area contributed by atoms with Crippen molar-refractivity contribution in [1.82, 2.24) is 35.8 Å². The summed E-state index contributed by atoms with van der Waals surface area (Å²) in [6.07, 6.45) is 5.45. The zero-order valence-corrected chi connectivity index (χ0v) is 33.3. The molecule has 0 radical (unpaired) electrons. The molecular weight excluding hydrogens is 765 g/mol. The average molecular weight is 819 g/mol. The topological polar surface area (TPSA) is 282 Å². The van der Waals surface area contributed by atoms with E-state index in [1.54, 1.807) is 0 Å². The number of sulfone groups is 1. The van der Waals surface area contributed by atoms with Gasteiger partial charge in [0.2, 0.25) is 17.6 Å². The van der Waals surface area contributed by atoms with Gasteiger partial charge in [-0.2, -0.15) is 0 Å². The van der Waals surface area contributed by atoms with Crippen molar-refractivity contribution in [3.8, 4) is 0 Å². The summed E-state index contributed by atoms with van der Waals surface area (Å²) in [6, 6.07) is 0.941. The van der Waals surface area contributed by atoms with E-state index in [2.05, 4.69) is 26.3 Å². The second-order valence-corrected chi connectivity index (χ2v) is 17.2. The molecule has 1 aliphatic heterocycles. The summed E-state index contributed by atoms with van der Waals surface area (Å²) in [5.41, 5.74) is 4.34. The molecule has 1 saturated carbocycles. The van der Waals surface area contributed by atoms with Crippen molar-refractivity contribution >= 4 is 45.3 Å². The van der Waals surface area contributed by atoms with E-state index >= 15 is 0 Å². The highest BCUT2D eigenvalue weighted by Gasteiger charge is 2.45. The summed E-state index contributed by atoms with van der Waals surface area (Å²) >= 11 is 0. The second-order valence-electron chi connectivity index (χ2n) is 15.1. The van der Waals surface area contributed by atoms with Gasteiger partial charge < -0.3 is 41.5 Å². The third-order valence-electron chi connectivity index (χ3n) is 10.4. The van der Waals surface area contributed by atoms with E-state index in [4.69, 9.17) is 15.6 Å². The fourth-order valence-corrected chi connectivity index (χ4v) is 8.53. The van der Waals surface area contributed by atoms with Gasteiger partial charge in [-0.25, -0.2) is 17.9 Å². The lowest BCUT2D eigenvalue weighted by molar-refractivity contribution is -0.142. The highest BCUT2D eigenvalue weighted by atomic mass is 32.2. The lowest BCUT2D eigenvalue weighted by Gasteiger charge is -2.32. The predicted octanol–water partition coefficient (Wildman–Crippen LogP) is 0.814. The predicted molar refractivity (Wildman–Crippen MR) is 203 cm³/mol. The number of nitrogens with zero attached hydrogens (tertiary/aromatic N) is 4. The first kappa shape index (κ1) is 44.8. The molecule has 5 amide bonds. The van der Waals surface area contributed by atoms with E-state index in [1.165, 1.54) is 61.0 Å². The number of amides is 5. The Kier molecular flexibility index (Phi) is 15.7. The molecule has 1 saturated heterocycles. The highest BCUT2D eigenvalue weighted by Crippen LogP contribution is 2.33. The Morgan fingerprint density at radius 2 is 1.70 bits per heavy atom. The lowest BCUT2D eigenvalue weighted by Crippen LogP contribution is -2.56. The van der Waals surface area contributed by atoms with E-state index in [0.29, 0.717) is 12.1 Å². The van der Waals surface area contributed by atoms with Gasteiger partial charge in [-0.15, -0.1) is 5.10 Å². The first-order chi connectivity index (χ1) is 26.9. The van der Waals surface area contributed by atoms with Gasteiger partial charge in [0.05, 0.1) is 41.2 Å². The molecule has 20 heteroatoms. The summed E-state index contributed by atoms with van der Waals surface area (Å²) in [6.45, 7) is 3.04. The normalized spacial score (nSPS) is 18.7. The molecule has 19 nitrogen and oxygen atoms in total. The maximum atomic E-state index is 14.8. The molecule has 7 N–H and O–H groups in total. The summed E-state index contributed by atoms with van der Waals surface area (Å²) in [5, 5.41) is 35.5. The van der Waals surface area contributed by atoms with Gasteiger partial charge >= 0.3 is 6.09 Å². The van der Waals surface area contributed by atoms with Crippen LogP contribution in [0.3, 0.4) is 0 Å². The third-order valence-corrected chi connectivity index (χ3v) is 12.1. The van der Waals surface area contributed by atoms with Crippen molar-refractivity contribution in [3.05, 3.63) is 41.7 Å². The van der Waals surface area contributed by atoms with Gasteiger partial charge in [0.1, 0.15) is 17.7 Å². The molecule has 57 heavy (non-hydrogen) atoms. The summed E-state index contributed by atoms with van der Waals surface area (Å²) in [5.74, 6) is -4.50. The van der Waals surface area contributed by atoms with Crippen molar-refractivity contribution in [2.45, 2.75) is 113 Å². The molecule has 2 fully saturated rings. The number of ketones is 1. The molecule has 1 aromatic carbocycles. The second kappa shape index (κ2) is 20.0. The molecule has 1 aliphatic carbocycles. The van der Waals surface area contributed by atoms with E-state index in [9.17, 15) is 42.3 Å². The lowest BCUT2D eigenvalue weighted by atomic mass is 9.84. The molecule has 0 spiro atoms. The highest BCUT2D eigenvalue weighted by molar-refractivity contribution is 7.91. The first-order valence-electron chi connectivity index (χ1n) is 19.1. The van der Waals surface area contributed by atoms with Gasteiger partial charge in [0, 0.05) is 32.2 Å². The van der Waals surface area contributed by atoms with Gasteiger partial charge in [0.15, 0.2) is 9.84 Å². The maximum Gasteiger partial charge on any atom is 0.404 e. The molecule has 2 heterocycles. The Bertz CT molecular complexity index is 1860. The number of unbranched alkanes of at least 4 members (excludes halogenated alkanes) is 1. The number of carbonyl (C=O) groups is 6. The van der Waals surface area contributed by atoms with Crippen LogP contribution in [-0.2, 0) is 39.4 Å². The Labute approximate surface area is 331 Å². The van der Waals surface area contributed by atoms with Crippen molar-refractivity contribution < 1.29 is 52.1 Å². The fourth-order valence-electron chi connectivity index (χ4n) is 7.36. The number of hydrogen-bond acceptors (Lipinski definition) is 12. The number of aromatic nitrogens is 3. The first-order valence-corrected chi connectivity index (χ1v) is 20.7. The number of Topliss-reactive ketones (excluding diaryl/α,β-unsaturated/α-hetero) is 1. The number of ether oxygens (including phenoxy) is 1. The molecule has 2 aliphatic rings. The van der Waals surface area contributed by atoms with Crippen LogP contribution in [0.15, 0.2) is 35.4 Å². The Balaban J connectivity index is 1.65. The quantitative estimate of drug-likeness (QED) is 0.0798. The number of benzene rings is 1. The number of likely N-dealkylation sites (tertiary alicyclic amines) is 1. The molecule has 1 aromatic heterocycles. The van der Waals surface area contributed by atoms with Gasteiger partial charge in [-0.05, 0) is 69.7 Å². The molecule has 4 rings (SSSR count). The van der Waals surface area contributed by atoms with Crippen molar-refractivity contribution in [1.29, 1.82) is 0 Å². The van der Waals surface area contributed by atoms with E-state index in [1.807, 2.05) is 0 Å². The number of carbonyl (C=O) groups excluding carboxylic acids is 5. The molecular formula is C37H54N8O11S. The zero-order valence-electron chi connectivity index (χ0n) is 32.5. The van der Waals surface area contributed by atoms with E-state index in [0.717, 1.165) is 32.1 Å². The smallest absolute Gasteiger partial charge is 0.404 e. The van der Waals surface area contributed by atoms with Gasteiger partial charge in [-0.3, -0.25) is 24.0 Å². The van der Waals surface area contributed by atoms with Crippen LogP contribution in [0, 0.1) is 5.92 Å². The van der Waals surface area contributed by atoms with Crippen LogP contribution in [0.5, 0.6) is 0 Å². The van der Waals surface area contributed by atoms with Crippen LogP contribution in [0.4, 0.5) is 4.79 Å². The van der Waals surface area contributed by atoms with Crippen LogP contribution in [0.25, 0.3) is 0 Å². The average Bonchev–Trinajstić information content (AvgIpc) is 3.85. The minimum Gasteiger partial charge on any atom is -0.465 e. The monoisotopic (exact) mass is 818 g/mol. The van der Waals surface area contributed by atoms with Crippen LogP contribution < -0.4 is 21.7 Å². The Morgan fingerprint density at radius 1 is 1.02 bits per heavy atom. The van der Waals surface area contributed by atoms with E-state index in [-0.39, 0.29) is 67.5 Å². The number of nitrogens with one attached hydrogen (secondary N) is 3. The fraction of sp³-hybridized carbons (Fsp3) is 0.622. The van der Waals surface area contributed by atoms with Crippen LogP contribution in [-0.4, -0.2) is 125 Å². The maximum absolute atomic E-state index is 14.8. The van der Waals surface area contributed by atoms with Crippen molar-refractivity contribution in [2.24, 2.45) is 11.7 Å². The van der Waals surface area contributed by atoms with Crippen LogP contribution in [0.2, 0.25) is 0 Å². The summed E-state index contributed by atoms with van der Waals surface area (Å²) in [7, 11) is -2.28. The third kappa shape index (κ3) is 12.3. The molecule has 2 aromatic rings. The standard InChI is InChI=1S/C37H54N8O11S/c1-37(2,53)30-21-40-43-45(30)25-20-29(34(49)41-27(31(46)32(38)47)11-7-8-16-39-36(51)52)44(22-25)35(50)28(19-23-9-5-4-6-10-23)42-33(48)24-12-14-26(15-13-24)57(54,55)18-17-56-3/h12-15,21,23,25,27-29,39,53H,4-11,16-20,22H2,1-3H3,(H2,38,47)(H,41,49)(H,42,48)(H,51,52)/t25-,27?,28?,29-/m0/s1. The molecule has 4 atom stereocenters. The number of nitrogens with two attached hydrogens (primary N) is 1. The molecule has 314 valence electrons. The zero-order chi connectivity index (χ0) is 41.9. The summed E-state index contributed by atoms with van der Waals surface area (Å²) in [4.78, 5) is 79.7. The van der Waals surface area contributed by atoms with Gasteiger partial charge in [-0.1, -0.05) is 37.3 Å². The minimum atomic E-state index is -3.67. The number of methoxy groups -OCH3 is 1. The van der Waals surface area contributed by atoms with Crippen LogP contribution in [0.1, 0.15) is 100 Å². The molecule has 0 bridgehead atoms.